The highest BCUT2D eigenvalue weighted by Crippen LogP contribution is 2.59. The lowest BCUT2D eigenvalue weighted by Gasteiger charge is -2.08. The van der Waals surface area contributed by atoms with Gasteiger partial charge in [0.05, 0.1) is 6.10 Å². The van der Waals surface area contributed by atoms with Crippen molar-refractivity contribution in [3.63, 3.8) is 0 Å². The average Bonchev–Trinajstić information content (AvgIpc) is 2.47. The van der Waals surface area contributed by atoms with Gasteiger partial charge < -0.3 is 5.11 Å². The van der Waals surface area contributed by atoms with Crippen LogP contribution in [-0.2, 0) is 0 Å². The molecule has 11 heavy (non-hydrogen) atoms. The maximum atomic E-state index is 9.62. The van der Waals surface area contributed by atoms with Crippen LogP contribution in [0.5, 0.6) is 0 Å². The maximum Gasteiger partial charge on any atom is 0.0608 e. The monoisotopic (exact) mass is 152 g/mol. The van der Waals surface area contributed by atoms with Gasteiger partial charge in [-0.1, -0.05) is 12.5 Å². The number of hydrogen-bond acceptors (Lipinski definition) is 1. The summed E-state index contributed by atoms with van der Waals surface area (Å²) in [7, 11) is 0. The highest BCUT2D eigenvalue weighted by Gasteiger charge is 2.55. The summed E-state index contributed by atoms with van der Waals surface area (Å²) >= 11 is 0. The van der Waals surface area contributed by atoms with Crippen molar-refractivity contribution in [3.8, 4) is 0 Å². The summed E-state index contributed by atoms with van der Waals surface area (Å²) in [5.41, 5.74) is 0. The van der Waals surface area contributed by atoms with Gasteiger partial charge in [-0.15, -0.1) is 6.58 Å². The fourth-order valence-electron chi connectivity index (χ4n) is 2.78. The Balaban J connectivity index is 1.85. The molecule has 0 aromatic rings. The number of rotatable bonds is 3. The van der Waals surface area contributed by atoms with Crippen LogP contribution in [0.15, 0.2) is 12.7 Å². The first kappa shape index (κ1) is 7.35. The van der Waals surface area contributed by atoms with Crippen molar-refractivity contribution in [2.24, 2.45) is 17.8 Å². The van der Waals surface area contributed by atoms with Gasteiger partial charge in [-0.25, -0.2) is 0 Å². The number of hydrogen-bond donors (Lipinski definition) is 1. The Labute approximate surface area is 68.1 Å². The Kier molecular flexibility index (Phi) is 1.76. The molecule has 0 bridgehead atoms. The molecule has 1 nitrogen and oxygen atoms in total. The van der Waals surface area contributed by atoms with E-state index in [2.05, 4.69) is 6.58 Å². The van der Waals surface area contributed by atoms with E-state index in [-0.39, 0.29) is 6.10 Å². The lowest BCUT2D eigenvalue weighted by atomic mass is 10.0. The van der Waals surface area contributed by atoms with Crippen LogP contribution in [-0.4, -0.2) is 11.2 Å². The molecule has 3 unspecified atom stereocenters. The van der Waals surface area contributed by atoms with Gasteiger partial charge in [-0.3, -0.25) is 0 Å². The summed E-state index contributed by atoms with van der Waals surface area (Å²) in [6, 6.07) is 0. The molecule has 2 rings (SSSR count). The van der Waals surface area contributed by atoms with Gasteiger partial charge in [0, 0.05) is 0 Å². The minimum Gasteiger partial charge on any atom is -0.392 e. The van der Waals surface area contributed by atoms with E-state index in [4.69, 9.17) is 0 Å². The minimum atomic E-state index is -0.0807. The van der Waals surface area contributed by atoms with Crippen molar-refractivity contribution in [3.05, 3.63) is 12.7 Å². The summed E-state index contributed by atoms with van der Waals surface area (Å²) in [6.45, 7) is 3.64. The Morgan fingerprint density at radius 1 is 1.45 bits per heavy atom. The second-order valence-corrected chi connectivity index (χ2v) is 3.93. The van der Waals surface area contributed by atoms with Gasteiger partial charge in [0.25, 0.3) is 0 Å². The number of fused-ring (bicyclic) bond motifs is 1. The highest BCUT2D eigenvalue weighted by molar-refractivity contribution is 5.04. The van der Waals surface area contributed by atoms with E-state index in [1.807, 2.05) is 6.08 Å². The molecule has 3 atom stereocenters. The first-order valence-corrected chi connectivity index (χ1v) is 4.63. The molecule has 1 N–H and O–H groups in total. The second-order valence-electron chi connectivity index (χ2n) is 3.93. The van der Waals surface area contributed by atoms with Crippen LogP contribution in [0.4, 0.5) is 0 Å². The van der Waals surface area contributed by atoms with Crippen molar-refractivity contribution in [1.82, 2.24) is 0 Å². The predicted octanol–water partition coefficient (Wildman–Crippen LogP) is 1.97. The molecule has 62 valence electrons. The number of aliphatic hydroxyl groups excluding tert-OH is 1. The molecule has 2 aliphatic carbocycles. The zero-order valence-corrected chi connectivity index (χ0v) is 6.87. The summed E-state index contributed by atoms with van der Waals surface area (Å²) < 4.78 is 0. The van der Waals surface area contributed by atoms with Crippen LogP contribution in [0.25, 0.3) is 0 Å². The van der Waals surface area contributed by atoms with E-state index in [1.54, 1.807) is 0 Å². The molecule has 0 aliphatic heterocycles. The van der Waals surface area contributed by atoms with Crippen LogP contribution >= 0.6 is 0 Å². The molecule has 2 fully saturated rings. The minimum absolute atomic E-state index is 0.0807. The van der Waals surface area contributed by atoms with Crippen molar-refractivity contribution in [2.75, 3.05) is 0 Å². The predicted molar refractivity (Wildman–Crippen MR) is 45.1 cm³/mol. The Hall–Kier alpha value is -0.300. The fraction of sp³-hybridized carbons (Fsp3) is 0.800. The Morgan fingerprint density at radius 3 is 2.64 bits per heavy atom. The molecule has 0 spiro atoms. The summed E-state index contributed by atoms with van der Waals surface area (Å²) in [5.74, 6) is 2.40. The Morgan fingerprint density at radius 2 is 2.09 bits per heavy atom. The SMILES string of the molecule is C=CCC(O)C1C2CCCC21. The summed E-state index contributed by atoms with van der Waals surface area (Å²) in [5, 5.41) is 9.62. The molecule has 0 aromatic carbocycles. The second kappa shape index (κ2) is 2.63. The van der Waals surface area contributed by atoms with Crippen LogP contribution in [0.3, 0.4) is 0 Å². The number of aliphatic hydroxyl groups is 1. The molecule has 0 saturated heterocycles. The van der Waals surface area contributed by atoms with E-state index in [9.17, 15) is 5.11 Å². The molecule has 0 radical (unpaired) electrons. The molecule has 2 saturated carbocycles. The largest absolute Gasteiger partial charge is 0.392 e. The van der Waals surface area contributed by atoms with Crippen LogP contribution in [0.1, 0.15) is 25.7 Å². The van der Waals surface area contributed by atoms with E-state index in [0.29, 0.717) is 5.92 Å². The lowest BCUT2D eigenvalue weighted by molar-refractivity contribution is 0.138. The zero-order chi connectivity index (χ0) is 7.84. The smallest absolute Gasteiger partial charge is 0.0608 e. The molecular formula is C10H16O. The van der Waals surface area contributed by atoms with Gasteiger partial charge in [0.1, 0.15) is 0 Å². The van der Waals surface area contributed by atoms with E-state index in [1.165, 1.54) is 19.3 Å². The normalized spacial score (nSPS) is 43.2. The zero-order valence-electron chi connectivity index (χ0n) is 6.87. The fourth-order valence-corrected chi connectivity index (χ4v) is 2.78. The summed E-state index contributed by atoms with van der Waals surface area (Å²) in [6.07, 6.45) is 6.67. The van der Waals surface area contributed by atoms with E-state index >= 15 is 0 Å². The first-order valence-electron chi connectivity index (χ1n) is 4.63. The van der Waals surface area contributed by atoms with Gasteiger partial charge in [-0.05, 0) is 37.0 Å². The third-order valence-electron chi connectivity index (χ3n) is 3.33. The van der Waals surface area contributed by atoms with Crippen molar-refractivity contribution in [2.45, 2.75) is 31.8 Å². The van der Waals surface area contributed by atoms with Gasteiger partial charge >= 0.3 is 0 Å². The molecule has 1 heteroatoms. The third kappa shape index (κ3) is 1.12. The van der Waals surface area contributed by atoms with Crippen molar-refractivity contribution >= 4 is 0 Å². The molecule has 0 heterocycles. The van der Waals surface area contributed by atoms with Gasteiger partial charge in [0.15, 0.2) is 0 Å². The van der Waals surface area contributed by atoms with E-state index in [0.717, 1.165) is 18.3 Å². The molecule has 0 amide bonds. The first-order chi connectivity index (χ1) is 5.34. The lowest BCUT2D eigenvalue weighted by Crippen LogP contribution is -2.11. The van der Waals surface area contributed by atoms with Crippen LogP contribution in [0, 0.1) is 17.8 Å². The van der Waals surface area contributed by atoms with Crippen molar-refractivity contribution in [1.29, 1.82) is 0 Å². The van der Waals surface area contributed by atoms with Crippen LogP contribution < -0.4 is 0 Å². The average molecular weight is 152 g/mol. The maximum absolute atomic E-state index is 9.62. The van der Waals surface area contributed by atoms with E-state index < -0.39 is 0 Å². The summed E-state index contributed by atoms with van der Waals surface area (Å²) in [4.78, 5) is 0. The standard InChI is InChI=1S/C10H16O/c1-2-4-9(11)10-7-5-3-6-8(7)10/h2,7-11H,1,3-6H2. The van der Waals surface area contributed by atoms with Gasteiger partial charge in [0.2, 0.25) is 0 Å². The molecule has 2 aliphatic rings. The molecular weight excluding hydrogens is 136 g/mol. The Bertz CT molecular complexity index is 154. The highest BCUT2D eigenvalue weighted by atomic mass is 16.3. The topological polar surface area (TPSA) is 20.2 Å². The van der Waals surface area contributed by atoms with Crippen molar-refractivity contribution < 1.29 is 5.11 Å². The quantitative estimate of drug-likeness (QED) is 0.613. The third-order valence-corrected chi connectivity index (χ3v) is 3.33. The molecule has 0 aromatic heterocycles. The van der Waals surface area contributed by atoms with Gasteiger partial charge in [-0.2, -0.15) is 0 Å². The van der Waals surface area contributed by atoms with Crippen LogP contribution in [0.2, 0.25) is 0 Å².